The Kier molecular flexibility index (Phi) is 2.79. The fourth-order valence-corrected chi connectivity index (χ4v) is 1.98. The minimum atomic E-state index is -0.724. The van der Waals surface area contributed by atoms with E-state index in [1.54, 1.807) is 12.1 Å². The smallest absolute Gasteiger partial charge is 0.120 e. The molecule has 1 heterocycles. The van der Waals surface area contributed by atoms with E-state index in [1.165, 1.54) is 0 Å². The van der Waals surface area contributed by atoms with Crippen LogP contribution in [0.1, 0.15) is 5.56 Å². The quantitative estimate of drug-likeness (QED) is 0.661. The number of fused-ring (bicyclic) bond motifs is 1. The van der Waals surface area contributed by atoms with Gasteiger partial charge >= 0.3 is 0 Å². The number of aliphatic hydroxyl groups is 2. The van der Waals surface area contributed by atoms with Crippen LogP contribution in [0.25, 0.3) is 0 Å². The Labute approximate surface area is 88.4 Å². The van der Waals surface area contributed by atoms with Gasteiger partial charge in [-0.25, -0.2) is 0 Å². The number of phenols is 1. The van der Waals surface area contributed by atoms with Crippen LogP contribution in [-0.4, -0.2) is 41.1 Å². The Morgan fingerprint density at radius 1 is 1.40 bits per heavy atom. The largest absolute Gasteiger partial charge is 0.508 e. The third kappa shape index (κ3) is 1.91. The van der Waals surface area contributed by atoms with E-state index in [-0.39, 0.29) is 6.61 Å². The molecule has 15 heavy (non-hydrogen) atoms. The molecule has 3 N–H and O–H groups in total. The summed E-state index contributed by atoms with van der Waals surface area (Å²) in [6.07, 6.45) is 0.0680. The van der Waals surface area contributed by atoms with Gasteiger partial charge in [0.1, 0.15) is 5.75 Å². The topological polar surface area (TPSA) is 63.9 Å². The Bertz CT molecular complexity index is 354. The zero-order valence-corrected chi connectivity index (χ0v) is 8.43. The Morgan fingerprint density at radius 2 is 2.20 bits per heavy atom. The van der Waals surface area contributed by atoms with E-state index in [0.717, 1.165) is 24.2 Å². The van der Waals surface area contributed by atoms with Crippen molar-refractivity contribution in [2.75, 3.05) is 24.6 Å². The SMILES string of the molecule is OCC(O)CN1CCc2c(O)cccc21. The minimum Gasteiger partial charge on any atom is -0.508 e. The first-order chi connectivity index (χ1) is 7.22. The average Bonchev–Trinajstić information content (AvgIpc) is 2.63. The van der Waals surface area contributed by atoms with Gasteiger partial charge in [0.2, 0.25) is 0 Å². The standard InChI is InChI=1S/C11H15NO3/c13-7-8(14)6-12-5-4-9-10(12)2-1-3-11(9)15/h1-3,8,13-15H,4-7H2. The molecule has 1 aliphatic rings. The van der Waals surface area contributed by atoms with Gasteiger partial charge in [-0.05, 0) is 18.6 Å². The molecule has 1 unspecified atom stereocenters. The van der Waals surface area contributed by atoms with E-state index in [9.17, 15) is 10.2 Å². The van der Waals surface area contributed by atoms with Crippen molar-refractivity contribution < 1.29 is 15.3 Å². The number of β-amino-alcohol motifs (C(OH)–C–C–N with tert-alkyl or cyclic N) is 1. The second kappa shape index (κ2) is 4.08. The van der Waals surface area contributed by atoms with Crippen LogP contribution in [0.2, 0.25) is 0 Å². The lowest BCUT2D eigenvalue weighted by Gasteiger charge is -2.21. The van der Waals surface area contributed by atoms with Crippen molar-refractivity contribution in [2.24, 2.45) is 0 Å². The first-order valence-corrected chi connectivity index (χ1v) is 5.07. The van der Waals surface area contributed by atoms with Crippen LogP contribution in [-0.2, 0) is 6.42 Å². The maximum atomic E-state index is 9.60. The summed E-state index contributed by atoms with van der Waals surface area (Å²) >= 11 is 0. The van der Waals surface area contributed by atoms with Gasteiger partial charge < -0.3 is 20.2 Å². The molecular weight excluding hydrogens is 194 g/mol. The van der Waals surface area contributed by atoms with E-state index < -0.39 is 6.10 Å². The molecule has 0 aromatic heterocycles. The van der Waals surface area contributed by atoms with Crippen LogP contribution < -0.4 is 4.90 Å². The summed E-state index contributed by atoms with van der Waals surface area (Å²) in [5.74, 6) is 0.313. The third-order valence-electron chi connectivity index (χ3n) is 2.74. The summed E-state index contributed by atoms with van der Waals surface area (Å²) in [5.41, 5.74) is 1.89. The highest BCUT2D eigenvalue weighted by molar-refractivity contribution is 5.62. The van der Waals surface area contributed by atoms with Gasteiger partial charge in [0, 0.05) is 24.3 Å². The predicted octanol–water partition coefficient (Wildman–Crippen LogP) is 0.108. The van der Waals surface area contributed by atoms with Crippen LogP contribution in [0.3, 0.4) is 0 Å². The number of nitrogens with zero attached hydrogens (tertiary/aromatic N) is 1. The molecule has 0 radical (unpaired) electrons. The van der Waals surface area contributed by atoms with Gasteiger partial charge in [-0.15, -0.1) is 0 Å². The molecule has 0 aliphatic carbocycles. The fraction of sp³-hybridized carbons (Fsp3) is 0.455. The van der Waals surface area contributed by atoms with Crippen molar-refractivity contribution in [3.8, 4) is 5.75 Å². The van der Waals surface area contributed by atoms with Crippen molar-refractivity contribution in [1.82, 2.24) is 0 Å². The number of hydrogen-bond donors (Lipinski definition) is 3. The molecule has 1 atom stereocenters. The average molecular weight is 209 g/mol. The molecule has 2 rings (SSSR count). The second-order valence-electron chi connectivity index (χ2n) is 3.81. The number of phenolic OH excluding ortho intramolecular Hbond substituents is 1. The summed E-state index contributed by atoms with van der Waals surface area (Å²) in [6.45, 7) is 0.960. The van der Waals surface area contributed by atoms with E-state index in [2.05, 4.69) is 0 Å². The molecule has 4 heteroatoms. The van der Waals surface area contributed by atoms with Gasteiger partial charge in [0.25, 0.3) is 0 Å². The van der Waals surface area contributed by atoms with E-state index >= 15 is 0 Å². The first-order valence-electron chi connectivity index (χ1n) is 5.07. The molecular formula is C11H15NO3. The lowest BCUT2D eigenvalue weighted by atomic mass is 10.1. The zero-order valence-electron chi connectivity index (χ0n) is 8.43. The first kappa shape index (κ1) is 10.3. The maximum Gasteiger partial charge on any atom is 0.120 e. The molecule has 1 aromatic carbocycles. The molecule has 0 spiro atoms. The lowest BCUT2D eigenvalue weighted by molar-refractivity contribution is 0.100. The van der Waals surface area contributed by atoms with E-state index in [1.807, 2.05) is 11.0 Å². The molecule has 82 valence electrons. The zero-order chi connectivity index (χ0) is 10.8. The van der Waals surface area contributed by atoms with Crippen LogP contribution in [0, 0.1) is 0 Å². The summed E-state index contributed by atoms with van der Waals surface area (Å²) in [7, 11) is 0. The van der Waals surface area contributed by atoms with Gasteiger partial charge in [-0.1, -0.05) is 6.07 Å². The van der Waals surface area contributed by atoms with Crippen molar-refractivity contribution in [1.29, 1.82) is 0 Å². The third-order valence-corrected chi connectivity index (χ3v) is 2.74. The maximum absolute atomic E-state index is 9.60. The molecule has 0 saturated heterocycles. The van der Waals surface area contributed by atoms with E-state index in [4.69, 9.17) is 5.11 Å². The van der Waals surface area contributed by atoms with Crippen molar-refractivity contribution in [3.63, 3.8) is 0 Å². The summed E-state index contributed by atoms with van der Waals surface area (Å²) in [6, 6.07) is 5.38. The van der Waals surface area contributed by atoms with Crippen molar-refractivity contribution >= 4 is 5.69 Å². The lowest BCUT2D eigenvalue weighted by Crippen LogP contribution is -2.32. The fourth-order valence-electron chi connectivity index (χ4n) is 1.98. The van der Waals surface area contributed by atoms with Gasteiger partial charge in [-0.3, -0.25) is 0 Å². The number of anilines is 1. The molecule has 0 amide bonds. The highest BCUT2D eigenvalue weighted by atomic mass is 16.3. The number of aliphatic hydroxyl groups excluding tert-OH is 2. The molecule has 0 fully saturated rings. The highest BCUT2D eigenvalue weighted by Gasteiger charge is 2.22. The van der Waals surface area contributed by atoms with Gasteiger partial charge in [-0.2, -0.15) is 0 Å². The summed E-state index contributed by atoms with van der Waals surface area (Å²) < 4.78 is 0. The van der Waals surface area contributed by atoms with Crippen LogP contribution in [0.15, 0.2) is 18.2 Å². The molecule has 0 saturated carbocycles. The minimum absolute atomic E-state index is 0.231. The second-order valence-corrected chi connectivity index (χ2v) is 3.81. The number of aromatic hydroxyl groups is 1. The number of benzene rings is 1. The van der Waals surface area contributed by atoms with Crippen LogP contribution in [0.4, 0.5) is 5.69 Å². The number of hydrogen-bond acceptors (Lipinski definition) is 4. The summed E-state index contributed by atoms with van der Waals surface area (Å²) in [4.78, 5) is 1.98. The van der Waals surface area contributed by atoms with Crippen molar-refractivity contribution in [3.05, 3.63) is 23.8 Å². The Morgan fingerprint density at radius 3 is 2.93 bits per heavy atom. The number of rotatable bonds is 3. The Balaban J connectivity index is 2.18. The molecule has 1 aromatic rings. The Hall–Kier alpha value is -1.26. The monoisotopic (exact) mass is 209 g/mol. The van der Waals surface area contributed by atoms with Gasteiger partial charge in [0.05, 0.1) is 12.7 Å². The molecule has 0 bridgehead atoms. The summed E-state index contributed by atoms with van der Waals surface area (Å²) in [5, 5.41) is 27.7. The predicted molar refractivity (Wildman–Crippen MR) is 57.1 cm³/mol. The van der Waals surface area contributed by atoms with Crippen LogP contribution in [0.5, 0.6) is 5.75 Å². The molecule has 1 aliphatic heterocycles. The van der Waals surface area contributed by atoms with E-state index in [0.29, 0.717) is 12.3 Å². The van der Waals surface area contributed by atoms with Crippen molar-refractivity contribution in [2.45, 2.75) is 12.5 Å². The van der Waals surface area contributed by atoms with Crippen LogP contribution >= 0.6 is 0 Å². The highest BCUT2D eigenvalue weighted by Crippen LogP contribution is 2.33. The normalized spacial score (nSPS) is 16.5. The molecule has 4 nitrogen and oxygen atoms in total. The van der Waals surface area contributed by atoms with Gasteiger partial charge in [0.15, 0.2) is 0 Å².